The van der Waals surface area contributed by atoms with Gasteiger partial charge in [-0.3, -0.25) is 14.3 Å². The molecule has 2 aromatic rings. The van der Waals surface area contributed by atoms with Gasteiger partial charge in [0.15, 0.2) is 0 Å². The summed E-state index contributed by atoms with van der Waals surface area (Å²) in [7, 11) is 1.62. The van der Waals surface area contributed by atoms with Crippen LogP contribution < -0.4 is 10.5 Å². The van der Waals surface area contributed by atoms with E-state index in [9.17, 15) is 9.90 Å². The van der Waals surface area contributed by atoms with Crippen LogP contribution in [0.5, 0.6) is 0 Å². The zero-order valence-corrected chi connectivity index (χ0v) is 15.9. The second-order valence-corrected chi connectivity index (χ2v) is 7.78. The molecule has 7 nitrogen and oxygen atoms in total. The molecule has 0 unspecified atom stereocenters. The minimum absolute atomic E-state index is 0.0258. The van der Waals surface area contributed by atoms with Crippen molar-refractivity contribution in [2.24, 2.45) is 0 Å². The van der Waals surface area contributed by atoms with E-state index in [1.165, 1.54) is 0 Å². The quantitative estimate of drug-likeness (QED) is 0.818. The van der Waals surface area contributed by atoms with Crippen LogP contribution >= 0.6 is 0 Å². The molecule has 0 amide bonds. The summed E-state index contributed by atoms with van der Waals surface area (Å²) in [6.07, 6.45) is 4.62. The number of hydrogen-bond donors (Lipinski definition) is 1. The molecule has 1 aliphatic heterocycles. The number of rotatable bonds is 6. The maximum atomic E-state index is 12.6. The van der Waals surface area contributed by atoms with Gasteiger partial charge in [-0.1, -0.05) is 0 Å². The Kier molecular flexibility index (Phi) is 5.16. The van der Waals surface area contributed by atoms with Crippen LogP contribution in [-0.4, -0.2) is 71.6 Å². The molecule has 146 valence electrons. The van der Waals surface area contributed by atoms with E-state index in [4.69, 9.17) is 4.74 Å². The SMILES string of the molecule is COCCn1cnc2cc(N3CCN(CC4(O)CCC4)CC3)ccc2c1=O. The van der Waals surface area contributed by atoms with Gasteiger partial charge in [0.05, 0.1) is 36.0 Å². The molecule has 1 aliphatic carbocycles. The molecule has 2 aliphatic rings. The first-order valence-electron chi connectivity index (χ1n) is 9.76. The van der Waals surface area contributed by atoms with Gasteiger partial charge in [0.1, 0.15) is 0 Å². The molecule has 1 aromatic heterocycles. The van der Waals surface area contributed by atoms with Gasteiger partial charge < -0.3 is 14.7 Å². The number of methoxy groups -OCH3 is 1. The van der Waals surface area contributed by atoms with Crippen LogP contribution in [0.4, 0.5) is 5.69 Å². The molecule has 1 saturated carbocycles. The van der Waals surface area contributed by atoms with Crippen molar-refractivity contribution in [3.8, 4) is 0 Å². The maximum absolute atomic E-state index is 12.6. The highest BCUT2D eigenvalue weighted by Gasteiger charge is 2.36. The molecule has 1 saturated heterocycles. The van der Waals surface area contributed by atoms with Crippen molar-refractivity contribution in [1.29, 1.82) is 0 Å². The van der Waals surface area contributed by atoms with Crippen LogP contribution in [-0.2, 0) is 11.3 Å². The molecule has 7 heteroatoms. The molecule has 0 bridgehead atoms. The Hall–Kier alpha value is -1.96. The average molecular weight is 372 g/mol. The van der Waals surface area contributed by atoms with Gasteiger partial charge >= 0.3 is 0 Å². The number of anilines is 1. The molecule has 2 heterocycles. The number of benzene rings is 1. The van der Waals surface area contributed by atoms with Gasteiger partial charge in [0.2, 0.25) is 0 Å². The van der Waals surface area contributed by atoms with Gasteiger partial charge in [-0.25, -0.2) is 4.98 Å². The third kappa shape index (κ3) is 3.85. The zero-order valence-electron chi connectivity index (χ0n) is 15.9. The second-order valence-electron chi connectivity index (χ2n) is 7.78. The van der Waals surface area contributed by atoms with Crippen LogP contribution in [0.25, 0.3) is 10.9 Å². The Morgan fingerprint density at radius 1 is 1.22 bits per heavy atom. The summed E-state index contributed by atoms with van der Waals surface area (Å²) < 4.78 is 6.64. The van der Waals surface area contributed by atoms with Gasteiger partial charge in [-0.2, -0.15) is 0 Å². The molecule has 1 N–H and O–H groups in total. The van der Waals surface area contributed by atoms with Crippen LogP contribution in [0, 0.1) is 0 Å². The monoisotopic (exact) mass is 372 g/mol. The lowest BCUT2D eigenvalue weighted by atomic mass is 9.80. The number of fused-ring (bicyclic) bond motifs is 1. The number of hydrogen-bond acceptors (Lipinski definition) is 6. The lowest BCUT2D eigenvalue weighted by Crippen LogP contribution is -2.54. The predicted molar refractivity (Wildman–Crippen MR) is 105 cm³/mol. The Balaban J connectivity index is 1.44. The fourth-order valence-electron chi connectivity index (χ4n) is 4.02. The highest BCUT2D eigenvalue weighted by molar-refractivity contribution is 5.81. The largest absolute Gasteiger partial charge is 0.389 e. The van der Waals surface area contributed by atoms with Crippen molar-refractivity contribution >= 4 is 16.6 Å². The summed E-state index contributed by atoms with van der Waals surface area (Å²) in [5, 5.41) is 11.0. The number of ether oxygens (including phenoxy) is 1. The molecular formula is C20H28N4O3. The van der Waals surface area contributed by atoms with Gasteiger partial charge in [-0.05, 0) is 37.5 Å². The molecule has 4 rings (SSSR count). The van der Waals surface area contributed by atoms with Crippen molar-refractivity contribution in [1.82, 2.24) is 14.5 Å². The molecule has 2 fully saturated rings. The van der Waals surface area contributed by atoms with Crippen molar-refractivity contribution in [2.75, 3.05) is 51.3 Å². The summed E-state index contributed by atoms with van der Waals surface area (Å²) in [6.45, 7) is 5.54. The van der Waals surface area contributed by atoms with Gasteiger partial charge in [0.25, 0.3) is 5.56 Å². The average Bonchev–Trinajstić information content (AvgIpc) is 2.66. The van der Waals surface area contributed by atoms with Crippen LogP contribution in [0.2, 0.25) is 0 Å². The smallest absolute Gasteiger partial charge is 0.261 e. The van der Waals surface area contributed by atoms with E-state index >= 15 is 0 Å². The van der Waals surface area contributed by atoms with Crippen molar-refractivity contribution in [3.63, 3.8) is 0 Å². The Morgan fingerprint density at radius 3 is 2.67 bits per heavy atom. The van der Waals surface area contributed by atoms with E-state index in [-0.39, 0.29) is 5.56 Å². The van der Waals surface area contributed by atoms with E-state index in [0.29, 0.717) is 18.5 Å². The van der Waals surface area contributed by atoms with Crippen LogP contribution in [0.15, 0.2) is 29.3 Å². The standard InChI is InChI=1S/C20H28N4O3/c1-27-12-11-24-15-21-18-13-16(3-4-17(18)19(24)25)23-9-7-22(8-10-23)14-20(26)5-2-6-20/h3-4,13,15,26H,2,5-12,14H2,1H3. The van der Waals surface area contributed by atoms with Crippen molar-refractivity contribution < 1.29 is 9.84 Å². The van der Waals surface area contributed by atoms with Gasteiger partial charge in [0, 0.05) is 45.5 Å². The first-order chi connectivity index (χ1) is 13.1. The third-order valence-corrected chi connectivity index (χ3v) is 5.88. The molecule has 1 aromatic carbocycles. The number of aliphatic hydroxyl groups is 1. The van der Waals surface area contributed by atoms with Crippen molar-refractivity contribution in [3.05, 3.63) is 34.9 Å². The normalized spacial score (nSPS) is 20.0. The first-order valence-corrected chi connectivity index (χ1v) is 9.76. The molecule has 27 heavy (non-hydrogen) atoms. The highest BCUT2D eigenvalue weighted by Crippen LogP contribution is 2.32. The Labute approximate surface area is 159 Å². The summed E-state index contributed by atoms with van der Waals surface area (Å²) in [5.74, 6) is 0. The van der Waals surface area contributed by atoms with Gasteiger partial charge in [-0.15, -0.1) is 0 Å². The van der Waals surface area contributed by atoms with E-state index in [0.717, 1.165) is 63.2 Å². The van der Waals surface area contributed by atoms with Crippen molar-refractivity contribution in [2.45, 2.75) is 31.4 Å². The number of aromatic nitrogens is 2. The molecule has 0 atom stereocenters. The minimum atomic E-state index is -0.447. The van der Waals surface area contributed by atoms with E-state index in [1.807, 2.05) is 18.2 Å². The zero-order chi connectivity index (χ0) is 18.9. The van der Waals surface area contributed by atoms with E-state index < -0.39 is 5.60 Å². The first kappa shape index (κ1) is 18.4. The fourth-order valence-corrected chi connectivity index (χ4v) is 4.02. The van der Waals surface area contributed by atoms with E-state index in [2.05, 4.69) is 14.8 Å². The number of piperazine rings is 1. The maximum Gasteiger partial charge on any atom is 0.261 e. The lowest BCUT2D eigenvalue weighted by molar-refractivity contribution is -0.0594. The topological polar surface area (TPSA) is 70.8 Å². The molecular weight excluding hydrogens is 344 g/mol. The fraction of sp³-hybridized carbons (Fsp3) is 0.600. The highest BCUT2D eigenvalue weighted by atomic mass is 16.5. The number of nitrogens with zero attached hydrogens (tertiary/aromatic N) is 4. The second kappa shape index (κ2) is 7.58. The Bertz CT molecular complexity index is 854. The summed E-state index contributed by atoms with van der Waals surface area (Å²) in [4.78, 5) is 21.7. The number of β-amino-alcohol motifs (C(OH)–C–C–N with tert-alkyl or cyclic N) is 1. The Morgan fingerprint density at radius 2 is 2.00 bits per heavy atom. The summed E-state index contributed by atoms with van der Waals surface area (Å²) in [6, 6.07) is 5.90. The lowest BCUT2D eigenvalue weighted by Gasteiger charge is -2.44. The minimum Gasteiger partial charge on any atom is -0.389 e. The summed E-state index contributed by atoms with van der Waals surface area (Å²) in [5.41, 5.74) is 1.36. The predicted octanol–water partition coefficient (Wildman–Crippen LogP) is 1.08. The molecule has 0 radical (unpaired) electrons. The van der Waals surface area contributed by atoms with Crippen LogP contribution in [0.1, 0.15) is 19.3 Å². The van der Waals surface area contributed by atoms with E-state index in [1.54, 1.807) is 18.0 Å². The molecule has 0 spiro atoms. The van der Waals surface area contributed by atoms with Crippen LogP contribution in [0.3, 0.4) is 0 Å². The third-order valence-electron chi connectivity index (χ3n) is 5.88. The summed E-state index contributed by atoms with van der Waals surface area (Å²) >= 11 is 0.